The van der Waals surface area contributed by atoms with Crippen molar-refractivity contribution in [3.05, 3.63) is 53.5 Å². The van der Waals surface area contributed by atoms with Crippen LogP contribution in [0, 0.1) is 6.92 Å². The smallest absolute Gasteiger partial charge is 0.132 e. The molecule has 1 atom stereocenters. The van der Waals surface area contributed by atoms with Crippen molar-refractivity contribution < 1.29 is 5.11 Å². The normalized spacial score (nSPS) is 12.2. The lowest BCUT2D eigenvalue weighted by Crippen LogP contribution is -2.22. The SMILES string of the molecule is Cc1nc(CN)cc(N(C)CC[C@H](O)c2ccccc2)n1. The molecule has 1 heterocycles. The van der Waals surface area contributed by atoms with Crippen molar-refractivity contribution in [2.45, 2.75) is 26.0 Å². The molecule has 21 heavy (non-hydrogen) atoms. The fraction of sp³-hybridized carbons (Fsp3) is 0.375. The minimum absolute atomic E-state index is 0.400. The number of benzene rings is 1. The maximum atomic E-state index is 10.2. The van der Waals surface area contributed by atoms with Gasteiger partial charge in [0, 0.05) is 26.2 Å². The molecule has 112 valence electrons. The minimum Gasteiger partial charge on any atom is -0.388 e. The number of aryl methyl sites for hydroxylation is 1. The standard InChI is InChI=1S/C16H22N4O/c1-12-18-14(11-17)10-16(19-12)20(2)9-8-15(21)13-6-4-3-5-7-13/h3-7,10,15,21H,8-9,11,17H2,1-2H3/t15-/m0/s1. The number of nitrogens with zero attached hydrogens (tertiary/aromatic N) is 3. The van der Waals surface area contributed by atoms with E-state index in [9.17, 15) is 5.11 Å². The van der Waals surface area contributed by atoms with Crippen LogP contribution in [0.15, 0.2) is 36.4 Å². The quantitative estimate of drug-likeness (QED) is 0.847. The summed E-state index contributed by atoms with van der Waals surface area (Å²) in [6, 6.07) is 11.6. The molecule has 2 rings (SSSR count). The van der Waals surface area contributed by atoms with E-state index in [4.69, 9.17) is 5.73 Å². The molecule has 0 bridgehead atoms. The second-order valence-corrected chi connectivity index (χ2v) is 5.11. The fourth-order valence-corrected chi connectivity index (χ4v) is 2.18. The highest BCUT2D eigenvalue weighted by Crippen LogP contribution is 2.18. The molecule has 1 aromatic heterocycles. The van der Waals surface area contributed by atoms with Crippen molar-refractivity contribution in [1.82, 2.24) is 9.97 Å². The maximum absolute atomic E-state index is 10.2. The lowest BCUT2D eigenvalue weighted by atomic mass is 10.1. The minimum atomic E-state index is -0.467. The molecule has 0 saturated heterocycles. The van der Waals surface area contributed by atoms with Crippen LogP contribution in [0.1, 0.15) is 29.6 Å². The molecule has 0 aliphatic carbocycles. The number of hydrogen-bond donors (Lipinski definition) is 2. The lowest BCUT2D eigenvalue weighted by molar-refractivity contribution is 0.170. The Kier molecular flexibility index (Phi) is 5.25. The first-order valence-corrected chi connectivity index (χ1v) is 7.09. The molecule has 3 N–H and O–H groups in total. The Morgan fingerprint density at radius 3 is 2.62 bits per heavy atom. The van der Waals surface area contributed by atoms with E-state index in [1.54, 1.807) is 0 Å². The maximum Gasteiger partial charge on any atom is 0.132 e. The van der Waals surface area contributed by atoms with E-state index in [1.807, 2.05) is 55.3 Å². The van der Waals surface area contributed by atoms with Gasteiger partial charge in [0.25, 0.3) is 0 Å². The van der Waals surface area contributed by atoms with Crippen molar-refractivity contribution in [1.29, 1.82) is 0 Å². The predicted molar refractivity (Wildman–Crippen MR) is 83.9 cm³/mol. The Morgan fingerprint density at radius 2 is 1.95 bits per heavy atom. The molecule has 5 heteroatoms. The Hall–Kier alpha value is -1.98. The zero-order chi connectivity index (χ0) is 15.2. The summed E-state index contributed by atoms with van der Waals surface area (Å²) in [7, 11) is 1.96. The van der Waals surface area contributed by atoms with Crippen molar-refractivity contribution in [3.63, 3.8) is 0 Å². The van der Waals surface area contributed by atoms with E-state index in [0.29, 0.717) is 25.3 Å². The molecular weight excluding hydrogens is 264 g/mol. The van der Waals surface area contributed by atoms with Crippen LogP contribution in [0.2, 0.25) is 0 Å². The molecule has 1 aromatic carbocycles. The highest BCUT2D eigenvalue weighted by Gasteiger charge is 2.10. The number of anilines is 1. The summed E-state index contributed by atoms with van der Waals surface area (Å²) in [5, 5.41) is 10.2. The summed E-state index contributed by atoms with van der Waals surface area (Å²) in [5.74, 6) is 1.55. The van der Waals surface area contributed by atoms with E-state index in [-0.39, 0.29) is 0 Å². The summed E-state index contributed by atoms with van der Waals surface area (Å²) < 4.78 is 0. The van der Waals surface area contributed by atoms with E-state index < -0.39 is 6.10 Å². The van der Waals surface area contributed by atoms with E-state index in [2.05, 4.69) is 9.97 Å². The molecule has 0 fully saturated rings. The van der Waals surface area contributed by atoms with Crippen LogP contribution in [-0.4, -0.2) is 28.7 Å². The van der Waals surface area contributed by atoms with Crippen LogP contribution in [0.3, 0.4) is 0 Å². The van der Waals surface area contributed by atoms with Gasteiger partial charge in [0.15, 0.2) is 0 Å². The van der Waals surface area contributed by atoms with Gasteiger partial charge in [-0.1, -0.05) is 30.3 Å². The van der Waals surface area contributed by atoms with Crippen molar-refractivity contribution in [2.24, 2.45) is 5.73 Å². The van der Waals surface area contributed by atoms with E-state index in [0.717, 1.165) is 17.1 Å². The second kappa shape index (κ2) is 7.15. The molecule has 0 spiro atoms. The van der Waals surface area contributed by atoms with Gasteiger partial charge < -0.3 is 15.7 Å². The van der Waals surface area contributed by atoms with Gasteiger partial charge in [0.05, 0.1) is 11.8 Å². The van der Waals surface area contributed by atoms with Gasteiger partial charge in [0.1, 0.15) is 11.6 Å². The number of aromatic nitrogens is 2. The zero-order valence-corrected chi connectivity index (χ0v) is 12.5. The van der Waals surface area contributed by atoms with E-state index >= 15 is 0 Å². The average Bonchev–Trinajstić information content (AvgIpc) is 2.52. The molecule has 0 aliphatic heterocycles. The van der Waals surface area contributed by atoms with Crippen molar-refractivity contribution >= 4 is 5.82 Å². The molecule has 0 aliphatic rings. The summed E-state index contributed by atoms with van der Waals surface area (Å²) in [6.07, 6.45) is 0.173. The molecule has 5 nitrogen and oxygen atoms in total. The molecule has 2 aromatic rings. The average molecular weight is 286 g/mol. The largest absolute Gasteiger partial charge is 0.388 e. The third-order valence-electron chi connectivity index (χ3n) is 3.40. The Balaban J connectivity index is 1.98. The number of nitrogens with two attached hydrogens (primary N) is 1. The zero-order valence-electron chi connectivity index (χ0n) is 12.5. The van der Waals surface area contributed by atoms with Gasteiger partial charge in [-0.3, -0.25) is 0 Å². The van der Waals surface area contributed by atoms with Crippen molar-refractivity contribution in [3.8, 4) is 0 Å². The van der Waals surface area contributed by atoms with Gasteiger partial charge in [-0.25, -0.2) is 9.97 Å². The first-order valence-electron chi connectivity index (χ1n) is 7.09. The van der Waals surface area contributed by atoms with Gasteiger partial charge in [0.2, 0.25) is 0 Å². The monoisotopic (exact) mass is 286 g/mol. The summed E-state index contributed by atoms with van der Waals surface area (Å²) in [6.45, 7) is 2.96. The summed E-state index contributed by atoms with van der Waals surface area (Å²) in [4.78, 5) is 10.7. The summed E-state index contributed by atoms with van der Waals surface area (Å²) in [5.41, 5.74) is 7.40. The first kappa shape index (κ1) is 15.4. The predicted octanol–water partition coefficient (Wildman–Crippen LogP) is 1.80. The second-order valence-electron chi connectivity index (χ2n) is 5.11. The Bertz CT molecular complexity index is 574. The molecular formula is C16H22N4O. The number of aliphatic hydroxyl groups excluding tert-OH is 1. The highest BCUT2D eigenvalue weighted by atomic mass is 16.3. The number of rotatable bonds is 6. The molecule has 0 saturated carbocycles. The van der Waals surface area contributed by atoms with E-state index in [1.165, 1.54) is 0 Å². The van der Waals surface area contributed by atoms with Gasteiger partial charge >= 0.3 is 0 Å². The van der Waals surface area contributed by atoms with Crippen molar-refractivity contribution in [2.75, 3.05) is 18.5 Å². The fourth-order valence-electron chi connectivity index (χ4n) is 2.18. The van der Waals surface area contributed by atoms with Crippen LogP contribution in [-0.2, 0) is 6.54 Å². The molecule has 0 amide bonds. The first-order chi connectivity index (χ1) is 10.1. The Labute approximate surface area is 125 Å². The topological polar surface area (TPSA) is 75.3 Å². The molecule has 0 unspecified atom stereocenters. The highest BCUT2D eigenvalue weighted by molar-refractivity contribution is 5.38. The van der Waals surface area contributed by atoms with Crippen LogP contribution in [0.5, 0.6) is 0 Å². The van der Waals surface area contributed by atoms with Gasteiger partial charge in [-0.2, -0.15) is 0 Å². The lowest BCUT2D eigenvalue weighted by Gasteiger charge is -2.21. The number of hydrogen-bond acceptors (Lipinski definition) is 5. The van der Waals surface area contributed by atoms with Gasteiger partial charge in [-0.05, 0) is 18.9 Å². The van der Waals surface area contributed by atoms with Crippen LogP contribution >= 0.6 is 0 Å². The van der Waals surface area contributed by atoms with Crippen LogP contribution in [0.4, 0.5) is 5.82 Å². The third-order valence-corrected chi connectivity index (χ3v) is 3.40. The molecule has 0 radical (unpaired) electrons. The Morgan fingerprint density at radius 1 is 1.24 bits per heavy atom. The summed E-state index contributed by atoms with van der Waals surface area (Å²) >= 11 is 0. The number of aliphatic hydroxyl groups is 1. The van der Waals surface area contributed by atoms with Gasteiger partial charge in [-0.15, -0.1) is 0 Å². The third kappa shape index (κ3) is 4.24. The van der Waals surface area contributed by atoms with Crippen LogP contribution in [0.25, 0.3) is 0 Å². The van der Waals surface area contributed by atoms with Crippen LogP contribution < -0.4 is 10.6 Å².